The Morgan fingerprint density at radius 3 is 2.00 bits per heavy atom. The summed E-state index contributed by atoms with van der Waals surface area (Å²) < 4.78 is 30.2. The van der Waals surface area contributed by atoms with Crippen molar-refractivity contribution in [3.63, 3.8) is 0 Å². The smallest absolute Gasteiger partial charge is 0.303 e. The lowest BCUT2D eigenvalue weighted by Crippen LogP contribution is -2.39. The van der Waals surface area contributed by atoms with E-state index < -0.39 is 24.3 Å². The van der Waals surface area contributed by atoms with Crippen LogP contribution in [0.25, 0.3) is 0 Å². The van der Waals surface area contributed by atoms with Crippen LogP contribution in [0.2, 0.25) is 0 Å². The normalized spacial score (nSPS) is 17.8. The fourth-order valence-electron chi connectivity index (χ4n) is 4.65. The first-order valence-electron chi connectivity index (χ1n) is 13.2. The third-order valence-corrected chi connectivity index (χ3v) is 6.54. The maximum Gasteiger partial charge on any atom is 0.303 e. The second kappa shape index (κ2) is 13.2. The molecule has 40 heavy (non-hydrogen) atoms. The lowest BCUT2D eigenvalue weighted by molar-refractivity contribution is -0.170. The first-order valence-corrected chi connectivity index (χ1v) is 13.2. The first-order chi connectivity index (χ1) is 19.6. The van der Waals surface area contributed by atoms with Crippen LogP contribution in [-0.2, 0) is 27.5 Å². The van der Waals surface area contributed by atoms with Crippen LogP contribution in [0.4, 0.5) is 0 Å². The average molecular weight is 541 g/mol. The summed E-state index contributed by atoms with van der Waals surface area (Å²) in [5.74, 6) is 1.45. The zero-order valence-corrected chi connectivity index (χ0v) is 22.3. The van der Waals surface area contributed by atoms with E-state index in [2.05, 4.69) is 0 Å². The van der Waals surface area contributed by atoms with Crippen molar-refractivity contribution in [2.45, 2.75) is 38.4 Å². The molecule has 1 aliphatic rings. The number of aliphatic hydroxyl groups is 1. The Morgan fingerprint density at radius 1 is 0.800 bits per heavy atom. The summed E-state index contributed by atoms with van der Waals surface area (Å²) in [6, 6.07) is 32.9. The molecule has 4 aromatic carbocycles. The van der Waals surface area contributed by atoms with Crippen molar-refractivity contribution in [2.24, 2.45) is 0 Å². The van der Waals surface area contributed by atoms with Gasteiger partial charge in [0.1, 0.15) is 36.6 Å². The summed E-state index contributed by atoms with van der Waals surface area (Å²) >= 11 is 0. The molecule has 0 fully saturated rings. The average Bonchev–Trinajstić information content (AvgIpc) is 2.99. The van der Waals surface area contributed by atoms with Gasteiger partial charge in [0.2, 0.25) is 0 Å². The molecule has 1 aliphatic heterocycles. The summed E-state index contributed by atoms with van der Waals surface area (Å²) in [6.07, 6.45) is -2.08. The number of rotatable bonds is 11. The van der Waals surface area contributed by atoms with Gasteiger partial charge in [0.05, 0.1) is 13.2 Å². The summed E-state index contributed by atoms with van der Waals surface area (Å²) in [6.45, 7) is 2.13. The van der Waals surface area contributed by atoms with Gasteiger partial charge in [0.15, 0.2) is 12.2 Å². The van der Waals surface area contributed by atoms with E-state index in [0.717, 1.165) is 16.7 Å². The van der Waals surface area contributed by atoms with Crippen LogP contribution in [0.5, 0.6) is 17.2 Å². The van der Waals surface area contributed by atoms with Crippen molar-refractivity contribution in [1.82, 2.24) is 0 Å². The second-order valence-electron chi connectivity index (χ2n) is 9.44. The van der Waals surface area contributed by atoms with E-state index in [1.165, 1.54) is 6.92 Å². The molecule has 206 valence electrons. The second-order valence-corrected chi connectivity index (χ2v) is 9.44. The van der Waals surface area contributed by atoms with Gasteiger partial charge in [-0.2, -0.15) is 0 Å². The molecule has 5 rings (SSSR count). The van der Waals surface area contributed by atoms with Gasteiger partial charge in [-0.05, 0) is 41.0 Å². The highest BCUT2D eigenvalue weighted by Crippen LogP contribution is 2.46. The van der Waals surface area contributed by atoms with Crippen LogP contribution in [0, 0.1) is 0 Å². The predicted molar refractivity (Wildman–Crippen MR) is 149 cm³/mol. The van der Waals surface area contributed by atoms with Crippen molar-refractivity contribution in [3.8, 4) is 17.2 Å². The number of fused-ring (bicyclic) bond motifs is 1. The molecule has 0 aromatic heterocycles. The van der Waals surface area contributed by atoms with Gasteiger partial charge < -0.3 is 28.8 Å². The highest BCUT2D eigenvalue weighted by Gasteiger charge is 2.42. The Kier molecular flexibility index (Phi) is 8.96. The fraction of sp³-hybridized carbons (Fsp3) is 0.242. The van der Waals surface area contributed by atoms with E-state index in [1.807, 2.05) is 103 Å². The van der Waals surface area contributed by atoms with Crippen molar-refractivity contribution in [3.05, 3.63) is 125 Å². The van der Waals surface area contributed by atoms with Crippen LogP contribution in [0.1, 0.15) is 41.4 Å². The molecule has 3 atom stereocenters. The molecule has 4 aromatic rings. The number of carbonyl (C=O) groups excluding carboxylic acids is 1. The monoisotopic (exact) mass is 540 g/mol. The third-order valence-electron chi connectivity index (χ3n) is 6.54. The molecule has 0 bridgehead atoms. The Bertz CT molecular complexity index is 1370. The minimum absolute atomic E-state index is 0.0765. The number of carbonyl (C=O) groups is 1. The maximum absolute atomic E-state index is 12.1. The first kappa shape index (κ1) is 27.2. The van der Waals surface area contributed by atoms with Gasteiger partial charge in [-0.1, -0.05) is 72.8 Å². The number of hydrogen-bond acceptors (Lipinski definition) is 7. The summed E-state index contributed by atoms with van der Waals surface area (Å²) in [4.78, 5) is 12.1. The quantitative estimate of drug-likeness (QED) is 0.235. The molecule has 1 N–H and O–H groups in total. The molecular weight excluding hydrogens is 508 g/mol. The molecule has 0 radical (unpaired) electrons. The lowest BCUT2D eigenvalue weighted by atomic mass is 9.91. The van der Waals surface area contributed by atoms with E-state index in [1.54, 1.807) is 0 Å². The van der Waals surface area contributed by atoms with E-state index in [4.69, 9.17) is 23.7 Å². The van der Waals surface area contributed by atoms with E-state index >= 15 is 0 Å². The van der Waals surface area contributed by atoms with Crippen LogP contribution in [0.15, 0.2) is 103 Å². The number of ether oxygens (including phenoxy) is 5. The van der Waals surface area contributed by atoms with Crippen LogP contribution in [-0.4, -0.2) is 30.4 Å². The molecule has 0 amide bonds. The predicted octanol–water partition coefficient (Wildman–Crippen LogP) is 5.96. The summed E-state index contributed by atoms with van der Waals surface area (Å²) in [5.41, 5.74) is 3.62. The zero-order chi connectivity index (χ0) is 27.7. The Balaban J connectivity index is 1.40. The highest BCUT2D eigenvalue weighted by molar-refractivity contribution is 5.66. The van der Waals surface area contributed by atoms with Crippen LogP contribution >= 0.6 is 0 Å². The molecule has 0 spiro atoms. The molecule has 0 aliphatic carbocycles. The van der Waals surface area contributed by atoms with Crippen molar-refractivity contribution >= 4 is 5.97 Å². The van der Waals surface area contributed by atoms with Gasteiger partial charge in [-0.15, -0.1) is 0 Å². The van der Waals surface area contributed by atoms with Gasteiger partial charge >= 0.3 is 5.97 Å². The largest absolute Gasteiger partial charge is 0.489 e. The molecule has 0 saturated carbocycles. The minimum atomic E-state index is -0.774. The molecule has 1 heterocycles. The number of benzene rings is 4. The Morgan fingerprint density at radius 2 is 1.40 bits per heavy atom. The van der Waals surface area contributed by atoms with E-state index in [9.17, 15) is 9.90 Å². The van der Waals surface area contributed by atoms with E-state index in [-0.39, 0.29) is 13.2 Å². The number of hydrogen-bond donors (Lipinski definition) is 1. The maximum atomic E-state index is 12.1. The fourth-order valence-corrected chi connectivity index (χ4v) is 4.65. The number of esters is 1. The van der Waals surface area contributed by atoms with Crippen LogP contribution in [0.3, 0.4) is 0 Å². The molecule has 7 heteroatoms. The molecular formula is C33H32O7. The van der Waals surface area contributed by atoms with E-state index in [0.29, 0.717) is 36.0 Å². The van der Waals surface area contributed by atoms with Gasteiger partial charge in [-0.25, -0.2) is 0 Å². The van der Waals surface area contributed by atoms with Crippen molar-refractivity contribution in [2.75, 3.05) is 13.2 Å². The topological polar surface area (TPSA) is 83.5 Å². The Hall–Kier alpha value is -4.33. The standard InChI is InChI=1S/C33H32O7/c1-23(35)39-33-31(26-12-14-27(15-13-26)37-21-24-8-4-2-5-9-24)40-30-20-28(38-22-25-10-6-3-7-11-25)16-17-29(30)32(33)36-19-18-34/h2-17,20,31-34H,18-19,21-22H2,1H3/t31-,32?,33-/m1/s1. The Labute approximate surface area is 233 Å². The van der Waals surface area contributed by atoms with Crippen LogP contribution < -0.4 is 14.2 Å². The van der Waals surface area contributed by atoms with Crippen molar-refractivity contribution < 1.29 is 33.6 Å². The van der Waals surface area contributed by atoms with Gasteiger partial charge in [0, 0.05) is 18.6 Å². The lowest BCUT2D eigenvalue weighted by Gasteiger charge is -2.39. The molecule has 0 saturated heterocycles. The van der Waals surface area contributed by atoms with Crippen molar-refractivity contribution in [1.29, 1.82) is 0 Å². The molecule has 7 nitrogen and oxygen atoms in total. The van der Waals surface area contributed by atoms with Gasteiger partial charge in [-0.3, -0.25) is 4.79 Å². The van der Waals surface area contributed by atoms with Gasteiger partial charge in [0.25, 0.3) is 0 Å². The zero-order valence-electron chi connectivity index (χ0n) is 22.3. The number of aliphatic hydroxyl groups excluding tert-OH is 1. The molecule has 1 unspecified atom stereocenters. The summed E-state index contributed by atoms with van der Waals surface area (Å²) in [5, 5.41) is 9.48. The highest BCUT2D eigenvalue weighted by atomic mass is 16.6. The third kappa shape index (κ3) is 6.81. The SMILES string of the molecule is CC(=O)O[C@H]1C(OCCO)c2ccc(OCc3ccccc3)cc2O[C@@H]1c1ccc(OCc2ccccc2)cc1. The minimum Gasteiger partial charge on any atom is -0.489 e. The summed E-state index contributed by atoms with van der Waals surface area (Å²) in [7, 11) is 0.